The molecule has 0 radical (unpaired) electrons. The highest BCUT2D eigenvalue weighted by molar-refractivity contribution is 6.06. The molecule has 1 aliphatic heterocycles. The summed E-state index contributed by atoms with van der Waals surface area (Å²) in [5.74, 6) is 1.60. The Morgan fingerprint density at radius 2 is 1.82 bits per heavy atom. The maximum atomic E-state index is 12.8. The lowest BCUT2D eigenvalue weighted by atomic mass is 10.1. The first-order valence-corrected chi connectivity index (χ1v) is 10.8. The average molecular weight is 447 g/mol. The van der Waals surface area contributed by atoms with E-state index in [9.17, 15) is 9.59 Å². The van der Waals surface area contributed by atoms with Gasteiger partial charge in [0.1, 0.15) is 17.2 Å². The molecule has 0 fully saturated rings. The van der Waals surface area contributed by atoms with Crippen LogP contribution in [0.15, 0.2) is 72.8 Å². The third-order valence-corrected chi connectivity index (χ3v) is 5.30. The fourth-order valence-corrected chi connectivity index (χ4v) is 3.61. The Hall–Kier alpha value is -4.00. The molecule has 1 heterocycles. The summed E-state index contributed by atoms with van der Waals surface area (Å²) in [6.07, 6.45) is 0.0671. The number of hydrogen-bond acceptors (Lipinski definition) is 5. The first-order chi connectivity index (χ1) is 16.0. The molecule has 3 aromatic rings. The quantitative estimate of drug-likeness (QED) is 0.515. The molecule has 0 aromatic heterocycles. The van der Waals surface area contributed by atoms with Crippen LogP contribution in [0.4, 0.5) is 11.4 Å². The zero-order valence-electron chi connectivity index (χ0n) is 18.6. The third kappa shape index (κ3) is 5.26. The smallest absolute Gasteiger partial charge is 0.267 e. The molecule has 0 saturated carbocycles. The maximum Gasteiger partial charge on any atom is 0.267 e. The predicted octanol–water partition coefficient (Wildman–Crippen LogP) is 4.53. The fourth-order valence-electron chi connectivity index (χ4n) is 3.61. The first kappa shape index (κ1) is 22.2. The van der Waals surface area contributed by atoms with Crippen molar-refractivity contribution in [3.63, 3.8) is 0 Å². The monoisotopic (exact) mass is 446 g/mol. The van der Waals surface area contributed by atoms with Gasteiger partial charge in [0.05, 0.1) is 19.4 Å². The Morgan fingerprint density at radius 1 is 1.03 bits per heavy atom. The molecule has 1 aliphatic rings. The van der Waals surface area contributed by atoms with Crippen molar-refractivity contribution in [1.82, 2.24) is 0 Å². The highest BCUT2D eigenvalue weighted by atomic mass is 16.5. The van der Waals surface area contributed by atoms with E-state index in [1.165, 1.54) is 0 Å². The van der Waals surface area contributed by atoms with E-state index in [-0.39, 0.29) is 11.8 Å². The number of methoxy groups -OCH3 is 1. The van der Waals surface area contributed by atoms with Crippen LogP contribution >= 0.6 is 0 Å². The van der Waals surface area contributed by atoms with Gasteiger partial charge in [0.2, 0.25) is 0 Å². The molecule has 4 rings (SSSR count). The number of amides is 2. The first-order valence-electron chi connectivity index (χ1n) is 10.8. The number of para-hydroxylation sites is 1. The Morgan fingerprint density at radius 3 is 2.61 bits per heavy atom. The van der Waals surface area contributed by atoms with E-state index in [1.54, 1.807) is 61.4 Å². The number of hydrogen-bond donors (Lipinski definition) is 1. The van der Waals surface area contributed by atoms with Crippen LogP contribution < -0.4 is 24.4 Å². The SMILES string of the molecule is COc1cccc(C(=O)Nc2ccc3c(c2)N(CCCOc2ccccc2)C(=O)C(C)O3)c1. The van der Waals surface area contributed by atoms with Crippen LogP contribution in [-0.4, -0.2) is 38.2 Å². The maximum absolute atomic E-state index is 12.8. The van der Waals surface area contributed by atoms with Crippen LogP contribution in [0.5, 0.6) is 17.2 Å². The number of nitrogens with zero attached hydrogens (tertiary/aromatic N) is 1. The van der Waals surface area contributed by atoms with Crippen molar-refractivity contribution in [2.75, 3.05) is 30.5 Å². The lowest BCUT2D eigenvalue weighted by Crippen LogP contribution is -2.45. The fraction of sp³-hybridized carbons (Fsp3) is 0.231. The van der Waals surface area contributed by atoms with E-state index in [0.29, 0.717) is 48.0 Å². The molecule has 7 heteroatoms. The summed E-state index contributed by atoms with van der Waals surface area (Å²) in [5, 5.41) is 2.88. The second-order valence-electron chi connectivity index (χ2n) is 7.63. The Kier molecular flexibility index (Phi) is 6.78. The van der Waals surface area contributed by atoms with Crippen LogP contribution in [-0.2, 0) is 4.79 Å². The molecule has 2 amide bonds. The second kappa shape index (κ2) is 10.1. The molecule has 7 nitrogen and oxygen atoms in total. The van der Waals surface area contributed by atoms with Gasteiger partial charge in [-0.15, -0.1) is 0 Å². The van der Waals surface area contributed by atoms with E-state index in [2.05, 4.69) is 5.32 Å². The summed E-state index contributed by atoms with van der Waals surface area (Å²) in [6.45, 7) is 2.68. The number of anilines is 2. The van der Waals surface area contributed by atoms with E-state index >= 15 is 0 Å². The number of carbonyl (C=O) groups excluding carboxylic acids is 2. The van der Waals surface area contributed by atoms with Crippen molar-refractivity contribution in [1.29, 1.82) is 0 Å². The molecular weight excluding hydrogens is 420 g/mol. The van der Waals surface area contributed by atoms with Crippen LogP contribution in [0, 0.1) is 0 Å². The predicted molar refractivity (Wildman–Crippen MR) is 126 cm³/mol. The number of carbonyl (C=O) groups is 2. The number of ether oxygens (including phenoxy) is 3. The molecule has 1 atom stereocenters. The minimum Gasteiger partial charge on any atom is -0.497 e. The summed E-state index contributed by atoms with van der Waals surface area (Å²) in [7, 11) is 1.55. The zero-order chi connectivity index (χ0) is 23.2. The Balaban J connectivity index is 1.46. The molecular formula is C26H26N2O5. The largest absolute Gasteiger partial charge is 0.497 e. The van der Waals surface area contributed by atoms with Crippen molar-refractivity contribution < 1.29 is 23.8 Å². The number of benzene rings is 3. The summed E-state index contributed by atoms with van der Waals surface area (Å²) in [5.41, 5.74) is 1.67. The lowest BCUT2D eigenvalue weighted by Gasteiger charge is -2.33. The summed E-state index contributed by atoms with van der Waals surface area (Å²) < 4.78 is 16.7. The van der Waals surface area contributed by atoms with E-state index in [4.69, 9.17) is 14.2 Å². The molecule has 33 heavy (non-hydrogen) atoms. The molecule has 170 valence electrons. The highest BCUT2D eigenvalue weighted by Crippen LogP contribution is 2.36. The van der Waals surface area contributed by atoms with E-state index in [0.717, 1.165) is 5.75 Å². The molecule has 0 aliphatic carbocycles. The molecule has 1 unspecified atom stereocenters. The van der Waals surface area contributed by atoms with Gasteiger partial charge in [0.25, 0.3) is 11.8 Å². The minimum atomic E-state index is -0.579. The highest BCUT2D eigenvalue weighted by Gasteiger charge is 2.31. The van der Waals surface area contributed by atoms with Crippen LogP contribution in [0.1, 0.15) is 23.7 Å². The van der Waals surface area contributed by atoms with Crippen molar-refractivity contribution in [3.05, 3.63) is 78.4 Å². The Labute approximate surface area is 192 Å². The van der Waals surface area contributed by atoms with Gasteiger partial charge in [0.15, 0.2) is 6.10 Å². The van der Waals surface area contributed by atoms with Crippen molar-refractivity contribution in [3.8, 4) is 17.2 Å². The van der Waals surface area contributed by atoms with Crippen molar-refractivity contribution in [2.24, 2.45) is 0 Å². The topological polar surface area (TPSA) is 77.1 Å². The molecule has 0 bridgehead atoms. The van der Waals surface area contributed by atoms with Gasteiger partial charge in [-0.1, -0.05) is 24.3 Å². The van der Waals surface area contributed by atoms with Crippen LogP contribution in [0.2, 0.25) is 0 Å². The lowest BCUT2D eigenvalue weighted by molar-refractivity contribution is -0.125. The number of nitrogens with one attached hydrogen (secondary N) is 1. The normalized spacial score (nSPS) is 14.8. The number of fused-ring (bicyclic) bond motifs is 1. The summed E-state index contributed by atoms with van der Waals surface area (Å²) in [6, 6.07) is 21.8. The van der Waals surface area contributed by atoms with Crippen molar-refractivity contribution in [2.45, 2.75) is 19.4 Å². The van der Waals surface area contributed by atoms with Crippen LogP contribution in [0.25, 0.3) is 0 Å². The third-order valence-electron chi connectivity index (χ3n) is 5.30. The molecule has 0 spiro atoms. The molecule has 3 aromatic carbocycles. The number of rotatable bonds is 8. The van der Waals surface area contributed by atoms with E-state index < -0.39 is 6.10 Å². The van der Waals surface area contributed by atoms with Gasteiger partial charge in [0, 0.05) is 17.8 Å². The van der Waals surface area contributed by atoms with Gasteiger partial charge >= 0.3 is 0 Å². The van der Waals surface area contributed by atoms with Gasteiger partial charge in [-0.3, -0.25) is 9.59 Å². The van der Waals surface area contributed by atoms with E-state index in [1.807, 2.05) is 30.3 Å². The average Bonchev–Trinajstić information content (AvgIpc) is 2.85. The van der Waals surface area contributed by atoms with Gasteiger partial charge in [-0.05, 0) is 61.9 Å². The van der Waals surface area contributed by atoms with Gasteiger partial charge in [-0.2, -0.15) is 0 Å². The molecule has 0 saturated heterocycles. The standard InChI is InChI=1S/C26H26N2O5/c1-18-26(30)28(14-7-15-32-21-9-4-3-5-10-21)23-17-20(12-13-24(23)33-18)27-25(29)19-8-6-11-22(16-19)31-2/h3-6,8-13,16-18H,7,14-15H2,1-2H3,(H,27,29). The minimum absolute atomic E-state index is 0.126. The Bertz CT molecular complexity index is 1130. The zero-order valence-corrected chi connectivity index (χ0v) is 18.6. The summed E-state index contributed by atoms with van der Waals surface area (Å²) in [4.78, 5) is 27.2. The van der Waals surface area contributed by atoms with Crippen molar-refractivity contribution >= 4 is 23.2 Å². The van der Waals surface area contributed by atoms with Gasteiger partial charge in [-0.25, -0.2) is 0 Å². The van der Waals surface area contributed by atoms with Crippen LogP contribution in [0.3, 0.4) is 0 Å². The second-order valence-corrected chi connectivity index (χ2v) is 7.63. The molecule has 1 N–H and O–H groups in total. The van der Waals surface area contributed by atoms with Gasteiger partial charge < -0.3 is 24.4 Å². The summed E-state index contributed by atoms with van der Waals surface area (Å²) >= 11 is 0.